The zero-order valence-electron chi connectivity index (χ0n) is 16.5. The molecule has 7 atom stereocenters. The van der Waals surface area contributed by atoms with Crippen molar-refractivity contribution >= 4 is 6.29 Å². The number of aldehydes is 1. The molecule has 0 heterocycles. The molecule has 2 unspecified atom stereocenters. The Morgan fingerprint density at radius 3 is 2.29 bits per heavy atom. The van der Waals surface area contributed by atoms with E-state index >= 15 is 0 Å². The summed E-state index contributed by atoms with van der Waals surface area (Å²) < 4.78 is 68.1. The van der Waals surface area contributed by atoms with Gasteiger partial charge in [0.05, 0.1) is 0 Å². The van der Waals surface area contributed by atoms with Gasteiger partial charge in [-0.3, -0.25) is 4.79 Å². The Bertz CT molecular complexity index is 683. The average Bonchev–Trinajstić information content (AvgIpc) is 2.97. The minimum absolute atomic E-state index is 0.0418. The highest BCUT2D eigenvalue weighted by molar-refractivity contribution is 5.73. The molecule has 4 aliphatic rings. The third-order valence-corrected chi connectivity index (χ3v) is 9.28. The predicted octanol–water partition coefficient (Wildman–Crippen LogP) is 6.58. The third kappa shape index (κ3) is 2.64. The topological polar surface area (TPSA) is 17.1 Å². The highest BCUT2D eigenvalue weighted by atomic mass is 19.4. The minimum atomic E-state index is -5.48. The molecule has 3 saturated carbocycles. The van der Waals surface area contributed by atoms with Crippen molar-refractivity contribution in [3.8, 4) is 0 Å². The standard InChI is InChI=1S/C22H29F5O/c1-19-10-9-17-15(6-5-14-4-3-13(12-28)11-20(14,17)2)16(19)7-8-18(19)21(23,24)22(25,26)27/h3,12,14-18H,4-11H2,1-2H3/t14?,15-,16-,17+,18?,19-,20-/m0/s1. The molecule has 158 valence electrons. The van der Waals surface area contributed by atoms with Crippen molar-refractivity contribution in [3.63, 3.8) is 0 Å². The van der Waals surface area contributed by atoms with Crippen molar-refractivity contribution in [1.29, 1.82) is 0 Å². The van der Waals surface area contributed by atoms with E-state index in [0.717, 1.165) is 31.1 Å². The van der Waals surface area contributed by atoms with Gasteiger partial charge in [0.2, 0.25) is 0 Å². The van der Waals surface area contributed by atoms with E-state index in [0.29, 0.717) is 37.5 Å². The van der Waals surface area contributed by atoms with Gasteiger partial charge in [0.1, 0.15) is 6.29 Å². The predicted molar refractivity (Wildman–Crippen MR) is 95.7 cm³/mol. The summed E-state index contributed by atoms with van der Waals surface area (Å²) in [5.41, 5.74) is -0.179. The van der Waals surface area contributed by atoms with Crippen LogP contribution in [-0.2, 0) is 4.79 Å². The quantitative estimate of drug-likeness (QED) is 0.375. The Morgan fingerprint density at radius 2 is 1.64 bits per heavy atom. The molecule has 3 fully saturated rings. The molecule has 0 N–H and O–H groups in total. The highest BCUT2D eigenvalue weighted by Gasteiger charge is 2.71. The molecule has 0 aromatic carbocycles. The van der Waals surface area contributed by atoms with Crippen molar-refractivity contribution in [2.45, 2.75) is 77.3 Å². The van der Waals surface area contributed by atoms with Crippen LogP contribution in [0, 0.1) is 40.4 Å². The van der Waals surface area contributed by atoms with Crippen LogP contribution in [0.4, 0.5) is 22.0 Å². The number of hydrogen-bond donors (Lipinski definition) is 0. The summed E-state index contributed by atoms with van der Waals surface area (Å²) in [6.07, 6.45) is 2.50. The van der Waals surface area contributed by atoms with Crippen molar-refractivity contribution in [1.82, 2.24) is 0 Å². The van der Waals surface area contributed by atoms with Crippen LogP contribution in [0.5, 0.6) is 0 Å². The first kappa shape index (κ1) is 20.3. The summed E-state index contributed by atoms with van der Waals surface area (Å²) in [4.78, 5) is 11.4. The van der Waals surface area contributed by atoms with Crippen LogP contribution in [0.25, 0.3) is 0 Å². The number of allylic oxidation sites excluding steroid dienone is 2. The third-order valence-electron chi connectivity index (χ3n) is 9.28. The number of hydrogen-bond acceptors (Lipinski definition) is 1. The second-order valence-corrected chi connectivity index (χ2v) is 10.3. The van der Waals surface area contributed by atoms with Gasteiger partial charge in [0.15, 0.2) is 0 Å². The lowest BCUT2D eigenvalue weighted by Crippen LogP contribution is -2.55. The monoisotopic (exact) mass is 404 g/mol. The zero-order chi connectivity index (χ0) is 20.5. The lowest BCUT2D eigenvalue weighted by molar-refractivity contribution is -0.316. The summed E-state index contributed by atoms with van der Waals surface area (Å²) >= 11 is 0. The van der Waals surface area contributed by atoms with E-state index in [1.54, 1.807) is 6.92 Å². The van der Waals surface area contributed by atoms with Crippen molar-refractivity contribution in [2.75, 3.05) is 0 Å². The Kier molecular flexibility index (Phi) is 4.56. The maximum Gasteiger partial charge on any atom is 0.453 e. The molecule has 0 aliphatic heterocycles. The van der Waals surface area contributed by atoms with Gasteiger partial charge in [-0.2, -0.15) is 22.0 Å². The molecule has 0 spiro atoms. The van der Waals surface area contributed by atoms with Crippen molar-refractivity contribution < 1.29 is 26.7 Å². The van der Waals surface area contributed by atoms with Crippen LogP contribution in [0.1, 0.15) is 65.2 Å². The van der Waals surface area contributed by atoms with Gasteiger partial charge in [0.25, 0.3) is 0 Å². The van der Waals surface area contributed by atoms with Crippen LogP contribution in [0.15, 0.2) is 11.6 Å². The van der Waals surface area contributed by atoms with Crippen molar-refractivity contribution in [3.05, 3.63) is 11.6 Å². The first-order valence-electron chi connectivity index (χ1n) is 10.5. The van der Waals surface area contributed by atoms with E-state index in [-0.39, 0.29) is 23.7 Å². The molecule has 0 amide bonds. The van der Waals surface area contributed by atoms with Gasteiger partial charge in [0, 0.05) is 5.92 Å². The van der Waals surface area contributed by atoms with Gasteiger partial charge in [-0.25, -0.2) is 0 Å². The maximum atomic E-state index is 14.3. The van der Waals surface area contributed by atoms with Crippen LogP contribution >= 0.6 is 0 Å². The van der Waals surface area contributed by atoms with Crippen LogP contribution in [-0.4, -0.2) is 18.4 Å². The van der Waals surface area contributed by atoms with E-state index in [4.69, 9.17) is 0 Å². The number of carbonyl (C=O) groups is 1. The Morgan fingerprint density at radius 1 is 0.964 bits per heavy atom. The number of carbonyl (C=O) groups excluding carboxylic acids is 1. The summed E-state index contributed by atoms with van der Waals surface area (Å²) in [6, 6.07) is 0. The molecule has 1 nitrogen and oxygen atoms in total. The molecule has 0 bridgehead atoms. The second-order valence-electron chi connectivity index (χ2n) is 10.3. The van der Waals surface area contributed by atoms with Gasteiger partial charge in [-0.15, -0.1) is 0 Å². The molecule has 4 aliphatic carbocycles. The molecular weight excluding hydrogens is 375 g/mol. The summed E-state index contributed by atoms with van der Waals surface area (Å²) in [5.74, 6) is -5.33. The van der Waals surface area contributed by atoms with E-state index in [1.807, 2.05) is 6.08 Å². The molecule has 6 heteroatoms. The molecule has 0 aromatic rings. The van der Waals surface area contributed by atoms with Gasteiger partial charge in [-0.05, 0) is 91.4 Å². The van der Waals surface area contributed by atoms with Crippen molar-refractivity contribution in [2.24, 2.45) is 40.4 Å². The van der Waals surface area contributed by atoms with Gasteiger partial charge < -0.3 is 0 Å². The number of alkyl halides is 5. The lowest BCUT2D eigenvalue weighted by atomic mass is 9.45. The fourth-order valence-electron chi connectivity index (χ4n) is 7.89. The maximum absolute atomic E-state index is 14.3. The lowest BCUT2D eigenvalue weighted by Gasteiger charge is -2.60. The molecule has 0 radical (unpaired) electrons. The normalized spacial score (nSPS) is 46.2. The fraction of sp³-hybridized carbons (Fsp3) is 0.864. The largest absolute Gasteiger partial charge is 0.453 e. The molecule has 0 saturated heterocycles. The highest BCUT2D eigenvalue weighted by Crippen LogP contribution is 2.69. The average molecular weight is 404 g/mol. The van der Waals surface area contributed by atoms with Gasteiger partial charge in [-0.1, -0.05) is 19.9 Å². The van der Waals surface area contributed by atoms with E-state index in [2.05, 4.69) is 6.92 Å². The first-order valence-corrected chi connectivity index (χ1v) is 10.5. The van der Waals surface area contributed by atoms with Crippen LogP contribution in [0.2, 0.25) is 0 Å². The van der Waals surface area contributed by atoms with E-state index in [9.17, 15) is 26.7 Å². The van der Waals surface area contributed by atoms with Crippen LogP contribution in [0.3, 0.4) is 0 Å². The number of rotatable bonds is 2. The molecule has 0 aromatic heterocycles. The Balaban J connectivity index is 1.64. The smallest absolute Gasteiger partial charge is 0.298 e. The summed E-state index contributed by atoms with van der Waals surface area (Å²) in [5, 5.41) is 0. The van der Waals surface area contributed by atoms with E-state index in [1.165, 1.54) is 0 Å². The first-order chi connectivity index (χ1) is 12.9. The SMILES string of the molecule is C[C@]12CC(C=O)=CCC1CC[C@@H]1[C@H]2CC[C@]2(C)C(C(F)(F)C(F)(F)F)CC[C@@H]12. The Labute approximate surface area is 163 Å². The second kappa shape index (κ2) is 6.28. The number of fused-ring (bicyclic) bond motifs is 5. The summed E-state index contributed by atoms with van der Waals surface area (Å²) in [6.45, 7) is 3.92. The molecule has 4 rings (SSSR count). The van der Waals surface area contributed by atoms with Gasteiger partial charge >= 0.3 is 12.1 Å². The zero-order valence-corrected chi connectivity index (χ0v) is 16.5. The molecular formula is C22H29F5O. The van der Waals surface area contributed by atoms with E-state index < -0.39 is 23.4 Å². The fourth-order valence-corrected chi connectivity index (χ4v) is 7.89. The van der Waals surface area contributed by atoms with Crippen LogP contribution < -0.4 is 0 Å². The number of halogens is 5. The Hall–Kier alpha value is -0.940. The summed E-state index contributed by atoms with van der Waals surface area (Å²) in [7, 11) is 0. The minimum Gasteiger partial charge on any atom is -0.298 e. The molecule has 28 heavy (non-hydrogen) atoms.